The van der Waals surface area contributed by atoms with Gasteiger partial charge >= 0.3 is 0 Å². The zero-order valence-electron chi connectivity index (χ0n) is 8.70. The zero-order chi connectivity index (χ0) is 9.80. The molecule has 2 rings (SSSR count). The molecule has 0 spiro atoms. The van der Waals surface area contributed by atoms with E-state index in [4.69, 9.17) is 0 Å². The Hall–Kier alpha value is -0.380. The van der Waals surface area contributed by atoms with Crippen LogP contribution in [0.5, 0.6) is 0 Å². The van der Waals surface area contributed by atoms with Gasteiger partial charge in [-0.15, -0.1) is 0 Å². The average molecular weight is 210 g/mol. The predicted octanol–water partition coefficient (Wildman–Crippen LogP) is 1.76. The fraction of sp³-hybridized carbons (Fsp3) is 0.636. The van der Waals surface area contributed by atoms with Gasteiger partial charge in [0.2, 0.25) is 0 Å². The number of nitrogens with one attached hydrogen (secondary N) is 1. The van der Waals surface area contributed by atoms with Gasteiger partial charge < -0.3 is 10.2 Å². The van der Waals surface area contributed by atoms with Crippen molar-refractivity contribution in [2.24, 2.45) is 0 Å². The quantitative estimate of drug-likeness (QED) is 0.818. The van der Waals surface area contributed by atoms with E-state index >= 15 is 0 Å². The highest BCUT2D eigenvalue weighted by atomic mass is 32.1. The Bertz CT molecular complexity index is 252. The molecule has 78 valence electrons. The third kappa shape index (κ3) is 2.56. The van der Waals surface area contributed by atoms with Crippen LogP contribution < -0.4 is 5.32 Å². The number of piperazine rings is 1. The second kappa shape index (κ2) is 4.91. The fourth-order valence-corrected chi connectivity index (χ4v) is 2.72. The molecule has 0 bridgehead atoms. The number of nitrogens with zero attached hydrogens (tertiary/aromatic N) is 1. The maximum atomic E-state index is 3.38. The third-order valence-corrected chi connectivity index (χ3v) is 3.56. The fourth-order valence-electron chi connectivity index (χ4n) is 1.94. The molecule has 0 amide bonds. The monoisotopic (exact) mass is 210 g/mol. The molecule has 2 heterocycles. The summed E-state index contributed by atoms with van der Waals surface area (Å²) in [4.78, 5) is 2.55. The first-order chi connectivity index (χ1) is 6.86. The maximum absolute atomic E-state index is 3.38. The molecule has 0 radical (unpaired) electrons. The lowest BCUT2D eigenvalue weighted by molar-refractivity contribution is 0.230. The van der Waals surface area contributed by atoms with E-state index in [9.17, 15) is 0 Å². The van der Waals surface area contributed by atoms with Crippen LogP contribution in [-0.4, -0.2) is 37.6 Å². The summed E-state index contributed by atoms with van der Waals surface area (Å²) in [6.45, 7) is 8.23. The molecule has 1 aliphatic heterocycles. The van der Waals surface area contributed by atoms with E-state index in [1.807, 2.05) is 0 Å². The van der Waals surface area contributed by atoms with Crippen molar-refractivity contribution in [3.05, 3.63) is 22.4 Å². The third-order valence-electron chi connectivity index (χ3n) is 2.85. The zero-order valence-corrected chi connectivity index (χ0v) is 9.52. The molecular formula is C11H18N2S. The summed E-state index contributed by atoms with van der Waals surface area (Å²) < 4.78 is 0. The van der Waals surface area contributed by atoms with E-state index < -0.39 is 0 Å². The van der Waals surface area contributed by atoms with E-state index in [0.29, 0.717) is 5.92 Å². The second-order valence-electron chi connectivity index (χ2n) is 4.01. The highest BCUT2D eigenvalue weighted by molar-refractivity contribution is 7.07. The van der Waals surface area contributed by atoms with Crippen molar-refractivity contribution >= 4 is 11.3 Å². The van der Waals surface area contributed by atoms with Gasteiger partial charge in [-0.3, -0.25) is 0 Å². The van der Waals surface area contributed by atoms with Crippen LogP contribution in [-0.2, 0) is 0 Å². The molecule has 1 aromatic rings. The van der Waals surface area contributed by atoms with Gasteiger partial charge in [0, 0.05) is 32.7 Å². The Balaban J connectivity index is 1.84. The molecule has 1 fully saturated rings. The molecule has 14 heavy (non-hydrogen) atoms. The second-order valence-corrected chi connectivity index (χ2v) is 4.79. The Labute approximate surface area is 89.9 Å². The molecular weight excluding hydrogens is 192 g/mol. The summed E-state index contributed by atoms with van der Waals surface area (Å²) in [7, 11) is 0. The van der Waals surface area contributed by atoms with Crippen LogP contribution in [0.4, 0.5) is 0 Å². The van der Waals surface area contributed by atoms with E-state index in [1.165, 1.54) is 25.2 Å². The van der Waals surface area contributed by atoms with Gasteiger partial charge in [-0.05, 0) is 28.3 Å². The van der Waals surface area contributed by atoms with Crippen LogP contribution in [0.3, 0.4) is 0 Å². The number of thiophene rings is 1. The van der Waals surface area contributed by atoms with Crippen LogP contribution >= 0.6 is 11.3 Å². The molecule has 1 aromatic heterocycles. The van der Waals surface area contributed by atoms with E-state index in [0.717, 1.165) is 13.1 Å². The summed E-state index contributed by atoms with van der Waals surface area (Å²) in [6, 6.07) is 2.25. The Morgan fingerprint density at radius 1 is 1.50 bits per heavy atom. The van der Waals surface area contributed by atoms with Crippen LogP contribution in [0.25, 0.3) is 0 Å². The molecule has 0 saturated carbocycles. The molecule has 2 nitrogen and oxygen atoms in total. The van der Waals surface area contributed by atoms with Gasteiger partial charge in [-0.25, -0.2) is 0 Å². The molecule has 0 aromatic carbocycles. The van der Waals surface area contributed by atoms with Crippen molar-refractivity contribution in [3.8, 4) is 0 Å². The van der Waals surface area contributed by atoms with Gasteiger partial charge in [0.05, 0.1) is 0 Å². The molecule has 1 N–H and O–H groups in total. The van der Waals surface area contributed by atoms with E-state index in [-0.39, 0.29) is 0 Å². The van der Waals surface area contributed by atoms with Crippen LogP contribution in [0, 0.1) is 0 Å². The van der Waals surface area contributed by atoms with Crippen LogP contribution in [0.15, 0.2) is 16.8 Å². The van der Waals surface area contributed by atoms with Crippen molar-refractivity contribution in [1.29, 1.82) is 0 Å². The van der Waals surface area contributed by atoms with Gasteiger partial charge in [0.1, 0.15) is 0 Å². The molecule has 1 atom stereocenters. The smallest absolute Gasteiger partial charge is 0.0108 e. The first kappa shape index (κ1) is 10.1. The summed E-state index contributed by atoms with van der Waals surface area (Å²) in [5.41, 5.74) is 1.49. The summed E-state index contributed by atoms with van der Waals surface area (Å²) in [5, 5.41) is 7.82. The molecule has 1 aliphatic rings. The first-order valence-corrected chi connectivity index (χ1v) is 6.25. The summed E-state index contributed by atoms with van der Waals surface area (Å²) in [5.74, 6) is 0.680. The van der Waals surface area contributed by atoms with E-state index in [1.54, 1.807) is 11.3 Å². The van der Waals surface area contributed by atoms with Crippen molar-refractivity contribution in [2.75, 3.05) is 32.7 Å². The van der Waals surface area contributed by atoms with Crippen LogP contribution in [0.2, 0.25) is 0 Å². The van der Waals surface area contributed by atoms with Gasteiger partial charge in [0.15, 0.2) is 0 Å². The van der Waals surface area contributed by atoms with Crippen molar-refractivity contribution in [2.45, 2.75) is 12.8 Å². The van der Waals surface area contributed by atoms with Gasteiger partial charge in [-0.2, -0.15) is 11.3 Å². The van der Waals surface area contributed by atoms with Crippen molar-refractivity contribution in [1.82, 2.24) is 10.2 Å². The number of hydrogen-bond donors (Lipinski definition) is 1. The van der Waals surface area contributed by atoms with Gasteiger partial charge in [-0.1, -0.05) is 6.92 Å². The molecule has 0 aliphatic carbocycles. The minimum absolute atomic E-state index is 0.680. The average Bonchev–Trinajstić information content (AvgIpc) is 2.72. The SMILES string of the molecule is CC(CN1CCNCC1)c1ccsc1. The summed E-state index contributed by atoms with van der Waals surface area (Å²) in [6.07, 6.45) is 0. The van der Waals surface area contributed by atoms with E-state index in [2.05, 4.69) is 34.0 Å². The lowest BCUT2D eigenvalue weighted by atomic mass is 10.0. The summed E-state index contributed by atoms with van der Waals surface area (Å²) >= 11 is 1.80. The molecule has 3 heteroatoms. The predicted molar refractivity (Wildman–Crippen MR) is 62.0 cm³/mol. The number of rotatable bonds is 3. The Morgan fingerprint density at radius 3 is 2.93 bits per heavy atom. The Morgan fingerprint density at radius 2 is 2.29 bits per heavy atom. The molecule has 1 unspecified atom stereocenters. The lowest BCUT2D eigenvalue weighted by Crippen LogP contribution is -2.44. The van der Waals surface area contributed by atoms with Crippen molar-refractivity contribution < 1.29 is 0 Å². The first-order valence-electron chi connectivity index (χ1n) is 5.31. The topological polar surface area (TPSA) is 15.3 Å². The minimum Gasteiger partial charge on any atom is -0.314 e. The number of hydrogen-bond acceptors (Lipinski definition) is 3. The Kier molecular flexibility index (Phi) is 3.56. The lowest BCUT2D eigenvalue weighted by Gasteiger charge is -2.29. The standard InChI is InChI=1S/C11H18N2S/c1-10(11-2-7-14-9-11)8-13-5-3-12-4-6-13/h2,7,9-10,12H,3-6,8H2,1H3. The van der Waals surface area contributed by atoms with Crippen molar-refractivity contribution in [3.63, 3.8) is 0 Å². The van der Waals surface area contributed by atoms with Gasteiger partial charge in [0.25, 0.3) is 0 Å². The highest BCUT2D eigenvalue weighted by Crippen LogP contribution is 2.19. The normalized spacial score (nSPS) is 20.9. The maximum Gasteiger partial charge on any atom is 0.0108 e. The molecule has 1 saturated heterocycles. The van der Waals surface area contributed by atoms with Crippen LogP contribution in [0.1, 0.15) is 18.4 Å². The minimum atomic E-state index is 0.680. The largest absolute Gasteiger partial charge is 0.314 e. The highest BCUT2D eigenvalue weighted by Gasteiger charge is 2.14.